The normalized spacial score (nSPS) is 15.5. The largest absolute Gasteiger partial charge is 0.388 e. The van der Waals surface area contributed by atoms with E-state index in [0.29, 0.717) is 27.3 Å². The van der Waals surface area contributed by atoms with Crippen LogP contribution in [0, 0.1) is 10.6 Å². The Morgan fingerprint density at radius 3 is 2.52 bits per heavy atom. The molecule has 27 heavy (non-hydrogen) atoms. The Hall–Kier alpha value is -2.80. The van der Waals surface area contributed by atoms with Crippen LogP contribution in [0.4, 0.5) is 10.1 Å². The van der Waals surface area contributed by atoms with Crippen molar-refractivity contribution in [2.45, 2.75) is 17.7 Å². The highest BCUT2D eigenvalue weighted by atomic mass is 32.2. The maximum Gasteiger partial charge on any atom is 0.170 e. The second-order valence-electron chi connectivity index (χ2n) is 6.52. The lowest BCUT2D eigenvalue weighted by Gasteiger charge is -2.18. The van der Waals surface area contributed by atoms with E-state index in [1.165, 1.54) is 24.5 Å². The Morgan fingerprint density at radius 2 is 1.93 bits per heavy atom. The van der Waals surface area contributed by atoms with Gasteiger partial charge in [0.05, 0.1) is 15.3 Å². The molecular formula is C20H19FN2O3S. The van der Waals surface area contributed by atoms with Crippen LogP contribution in [0.25, 0.3) is 6.08 Å². The lowest BCUT2D eigenvalue weighted by Crippen LogP contribution is -2.21. The average molecular weight is 386 g/mol. The first kappa shape index (κ1) is 19.0. The summed E-state index contributed by atoms with van der Waals surface area (Å²) in [4.78, 5) is 25.5. The second-order valence-corrected chi connectivity index (χ2v) is 8.68. The van der Waals surface area contributed by atoms with Crippen LogP contribution in [0.3, 0.4) is 0 Å². The molecule has 0 saturated heterocycles. The van der Waals surface area contributed by atoms with Crippen LogP contribution in [0.15, 0.2) is 46.9 Å². The summed E-state index contributed by atoms with van der Waals surface area (Å²) in [5.74, 6) is -1.09. The minimum atomic E-state index is -2.81. The molecule has 2 N–H and O–H groups in total. The summed E-state index contributed by atoms with van der Waals surface area (Å²) in [5, 5.41) is 2.87. The monoisotopic (exact) mass is 386 g/mol. The molecule has 2 aromatic rings. The number of ketones is 2. The van der Waals surface area contributed by atoms with Crippen LogP contribution in [-0.4, -0.2) is 29.1 Å². The van der Waals surface area contributed by atoms with E-state index in [0.717, 1.165) is 0 Å². The molecule has 0 bridgehead atoms. The maximum absolute atomic E-state index is 13.8. The van der Waals surface area contributed by atoms with Crippen LogP contribution in [0.5, 0.6) is 0 Å². The van der Waals surface area contributed by atoms with Crippen molar-refractivity contribution >= 4 is 33.1 Å². The number of nitrogens with one attached hydrogen (secondary N) is 2. The molecule has 0 saturated carbocycles. The highest BCUT2D eigenvalue weighted by Gasteiger charge is 2.26. The van der Waals surface area contributed by atoms with Gasteiger partial charge in [-0.25, -0.2) is 13.4 Å². The van der Waals surface area contributed by atoms with Gasteiger partial charge in [-0.05, 0) is 47.0 Å². The fourth-order valence-electron chi connectivity index (χ4n) is 3.08. The number of anilines is 1. The molecule has 0 radical (unpaired) electrons. The van der Waals surface area contributed by atoms with E-state index in [9.17, 15) is 18.2 Å². The topological polar surface area (TPSA) is 87.1 Å². The van der Waals surface area contributed by atoms with E-state index in [4.69, 9.17) is 4.78 Å². The molecule has 0 aromatic heterocycles. The Morgan fingerprint density at radius 1 is 1.26 bits per heavy atom. The molecule has 0 spiro atoms. The SMILES string of the molecule is CNc1cc(F)cc2c1CC(=O)C(C(=O)Cc1ccc(S(C)(=N)=O)cc1)=C2. The van der Waals surface area contributed by atoms with Gasteiger partial charge in [0, 0.05) is 36.7 Å². The molecule has 7 heteroatoms. The van der Waals surface area contributed by atoms with Gasteiger partial charge in [0.15, 0.2) is 11.6 Å². The zero-order valence-corrected chi connectivity index (χ0v) is 15.8. The lowest BCUT2D eigenvalue weighted by atomic mass is 9.86. The molecule has 2 aromatic carbocycles. The number of carbonyl (C=O) groups excluding carboxylic acids is 2. The molecule has 1 atom stereocenters. The van der Waals surface area contributed by atoms with Gasteiger partial charge in [0.25, 0.3) is 0 Å². The summed E-state index contributed by atoms with van der Waals surface area (Å²) >= 11 is 0. The molecule has 3 rings (SSSR count). The van der Waals surface area contributed by atoms with Gasteiger partial charge in [-0.3, -0.25) is 9.59 Å². The van der Waals surface area contributed by atoms with Crippen LogP contribution >= 0.6 is 0 Å². The molecule has 5 nitrogen and oxygen atoms in total. The fraction of sp³-hybridized carbons (Fsp3) is 0.200. The minimum Gasteiger partial charge on any atom is -0.388 e. The number of hydrogen-bond acceptors (Lipinski definition) is 5. The van der Waals surface area contributed by atoms with E-state index >= 15 is 0 Å². The molecule has 0 aliphatic heterocycles. The third-order valence-electron chi connectivity index (χ3n) is 4.49. The highest BCUT2D eigenvalue weighted by molar-refractivity contribution is 7.91. The summed E-state index contributed by atoms with van der Waals surface area (Å²) in [6.45, 7) is 0. The molecule has 1 aliphatic rings. The molecule has 1 unspecified atom stereocenters. The molecule has 1 aliphatic carbocycles. The van der Waals surface area contributed by atoms with E-state index in [2.05, 4.69) is 5.32 Å². The summed E-state index contributed by atoms with van der Waals surface area (Å²) < 4.78 is 33.1. The Labute approximate surface area is 157 Å². The number of allylic oxidation sites excluding steroid dienone is 1. The lowest BCUT2D eigenvalue weighted by molar-refractivity contribution is -0.120. The number of halogens is 1. The fourth-order valence-corrected chi connectivity index (χ4v) is 3.74. The number of fused-ring (bicyclic) bond motifs is 1. The van der Waals surface area contributed by atoms with Crippen LogP contribution < -0.4 is 5.32 Å². The van der Waals surface area contributed by atoms with Gasteiger partial charge in [0.1, 0.15) is 5.82 Å². The quantitative estimate of drug-likeness (QED) is 0.773. The smallest absolute Gasteiger partial charge is 0.170 e. The van der Waals surface area contributed by atoms with Gasteiger partial charge in [-0.2, -0.15) is 0 Å². The van der Waals surface area contributed by atoms with Crippen LogP contribution in [0.2, 0.25) is 0 Å². The van der Waals surface area contributed by atoms with E-state index in [1.54, 1.807) is 31.3 Å². The summed E-state index contributed by atoms with van der Waals surface area (Å²) in [5.41, 5.74) is 2.45. The summed E-state index contributed by atoms with van der Waals surface area (Å²) in [6, 6.07) is 9.01. The number of hydrogen-bond donors (Lipinski definition) is 2. The first-order valence-electron chi connectivity index (χ1n) is 8.30. The standard InChI is InChI=1S/C20H19FN2O3S/c1-23-18-10-14(21)8-13-9-17(20(25)11-16(13)18)19(24)7-12-3-5-15(6-4-12)27(2,22)26/h3-6,8-10,22-23H,7,11H2,1-2H3. The zero-order chi connectivity index (χ0) is 19.8. The van der Waals surface area contributed by atoms with E-state index in [-0.39, 0.29) is 30.0 Å². The van der Waals surface area contributed by atoms with Crippen molar-refractivity contribution in [2.75, 3.05) is 18.6 Å². The maximum atomic E-state index is 13.8. The van der Waals surface area contributed by atoms with Gasteiger partial charge in [-0.1, -0.05) is 12.1 Å². The summed E-state index contributed by atoms with van der Waals surface area (Å²) in [6.07, 6.45) is 2.82. The Bertz CT molecular complexity index is 1070. The van der Waals surface area contributed by atoms with Crippen molar-refractivity contribution in [3.8, 4) is 0 Å². The van der Waals surface area contributed by atoms with Crippen molar-refractivity contribution in [3.05, 3.63) is 64.5 Å². The summed E-state index contributed by atoms with van der Waals surface area (Å²) in [7, 11) is -1.16. The van der Waals surface area contributed by atoms with Crippen molar-refractivity contribution < 1.29 is 18.2 Å². The molecule has 0 heterocycles. The van der Waals surface area contributed by atoms with Crippen molar-refractivity contribution in [1.82, 2.24) is 0 Å². The number of benzene rings is 2. The van der Waals surface area contributed by atoms with Crippen LogP contribution in [0.1, 0.15) is 16.7 Å². The van der Waals surface area contributed by atoms with Crippen LogP contribution in [-0.2, 0) is 32.2 Å². The Balaban J connectivity index is 1.88. The molecule has 0 fully saturated rings. The van der Waals surface area contributed by atoms with Gasteiger partial charge >= 0.3 is 0 Å². The third kappa shape index (κ3) is 3.98. The average Bonchev–Trinajstić information content (AvgIpc) is 2.60. The van der Waals surface area contributed by atoms with Crippen molar-refractivity contribution in [1.29, 1.82) is 4.78 Å². The number of Topliss-reactive ketones (excluding diaryl/α,β-unsaturated/α-hetero) is 2. The van der Waals surface area contributed by atoms with E-state index < -0.39 is 15.5 Å². The van der Waals surface area contributed by atoms with Gasteiger partial charge in [0.2, 0.25) is 0 Å². The van der Waals surface area contributed by atoms with Gasteiger partial charge in [-0.15, -0.1) is 0 Å². The second kappa shape index (κ2) is 7.08. The number of rotatable bonds is 5. The first-order valence-corrected chi connectivity index (χ1v) is 10.3. The Kier molecular flexibility index (Phi) is 4.97. The number of carbonyl (C=O) groups is 2. The van der Waals surface area contributed by atoms with E-state index in [1.807, 2.05) is 0 Å². The molecule has 0 amide bonds. The molecule has 140 valence electrons. The van der Waals surface area contributed by atoms with Gasteiger partial charge < -0.3 is 5.32 Å². The van der Waals surface area contributed by atoms with Crippen molar-refractivity contribution in [2.24, 2.45) is 0 Å². The first-order chi connectivity index (χ1) is 12.7. The predicted octanol–water partition coefficient (Wildman–Crippen LogP) is 3.22. The van der Waals surface area contributed by atoms with Crippen molar-refractivity contribution in [3.63, 3.8) is 0 Å². The minimum absolute atomic E-state index is 0.00426. The molecular weight excluding hydrogens is 367 g/mol. The zero-order valence-electron chi connectivity index (χ0n) is 15.0. The highest BCUT2D eigenvalue weighted by Crippen LogP contribution is 2.30. The predicted molar refractivity (Wildman–Crippen MR) is 103 cm³/mol. The third-order valence-corrected chi connectivity index (χ3v) is 5.67.